The third kappa shape index (κ3) is 3.33. The van der Waals surface area contributed by atoms with E-state index in [0.717, 1.165) is 31.2 Å². The highest BCUT2D eigenvalue weighted by atomic mass is 16.3. The van der Waals surface area contributed by atoms with Gasteiger partial charge in [-0.25, -0.2) is 0 Å². The van der Waals surface area contributed by atoms with Gasteiger partial charge in [0.25, 0.3) is 0 Å². The minimum Gasteiger partial charge on any atom is -0.389 e. The molecular weight excluding hydrogens is 240 g/mol. The number of primary amides is 1. The molecule has 3 N–H and O–H groups in total. The number of carbonyl (C=O) groups is 1. The third-order valence-corrected chi connectivity index (χ3v) is 3.90. The Morgan fingerprint density at radius 3 is 2.47 bits per heavy atom. The van der Waals surface area contributed by atoms with Gasteiger partial charge in [-0.2, -0.15) is 0 Å². The fourth-order valence-corrected chi connectivity index (χ4v) is 3.02. The van der Waals surface area contributed by atoms with E-state index in [-0.39, 0.29) is 5.91 Å². The molecule has 2 rings (SSSR count). The maximum absolute atomic E-state index is 11.7. The second kappa shape index (κ2) is 5.72. The first-order chi connectivity index (χ1) is 9.02. The van der Waals surface area contributed by atoms with Crippen molar-refractivity contribution in [3.05, 3.63) is 35.9 Å². The topological polar surface area (TPSA) is 66.6 Å². The third-order valence-electron chi connectivity index (χ3n) is 3.90. The molecule has 1 aromatic carbocycles. The SMILES string of the molecule is CN(CC1(O)CCCC1)C(C(N)=O)c1ccccc1. The van der Waals surface area contributed by atoms with Crippen LogP contribution in [0.15, 0.2) is 30.3 Å². The summed E-state index contributed by atoms with van der Waals surface area (Å²) in [7, 11) is 1.85. The Bertz CT molecular complexity index is 427. The van der Waals surface area contributed by atoms with Crippen LogP contribution in [0.3, 0.4) is 0 Å². The van der Waals surface area contributed by atoms with Crippen molar-refractivity contribution in [2.75, 3.05) is 13.6 Å². The molecule has 4 heteroatoms. The van der Waals surface area contributed by atoms with Gasteiger partial charge in [-0.15, -0.1) is 0 Å². The number of benzene rings is 1. The van der Waals surface area contributed by atoms with Crippen LogP contribution in [0.4, 0.5) is 0 Å². The lowest BCUT2D eigenvalue weighted by atomic mass is 9.99. The van der Waals surface area contributed by atoms with Gasteiger partial charge >= 0.3 is 0 Å². The number of carbonyl (C=O) groups excluding carboxylic acids is 1. The van der Waals surface area contributed by atoms with Crippen LogP contribution in [0.2, 0.25) is 0 Å². The predicted molar refractivity (Wildman–Crippen MR) is 74.4 cm³/mol. The molecule has 0 saturated heterocycles. The maximum atomic E-state index is 11.7. The normalized spacial score (nSPS) is 19.5. The fourth-order valence-electron chi connectivity index (χ4n) is 3.02. The van der Waals surface area contributed by atoms with E-state index in [2.05, 4.69) is 0 Å². The van der Waals surface area contributed by atoms with Gasteiger partial charge in [-0.05, 0) is 25.5 Å². The molecule has 0 aliphatic heterocycles. The summed E-state index contributed by atoms with van der Waals surface area (Å²) in [6, 6.07) is 9.00. The minimum atomic E-state index is -0.669. The molecule has 1 fully saturated rings. The molecule has 19 heavy (non-hydrogen) atoms. The van der Waals surface area contributed by atoms with Crippen LogP contribution >= 0.6 is 0 Å². The van der Waals surface area contributed by atoms with Gasteiger partial charge in [0.2, 0.25) is 5.91 Å². The Kier molecular flexibility index (Phi) is 4.22. The highest BCUT2D eigenvalue weighted by molar-refractivity contribution is 5.81. The molecule has 1 amide bonds. The van der Waals surface area contributed by atoms with E-state index in [4.69, 9.17) is 5.73 Å². The van der Waals surface area contributed by atoms with E-state index >= 15 is 0 Å². The van der Waals surface area contributed by atoms with E-state index in [0.29, 0.717) is 6.54 Å². The zero-order valence-corrected chi connectivity index (χ0v) is 11.4. The standard InChI is InChI=1S/C15H22N2O2/c1-17(11-15(19)9-5-6-10-15)13(14(16)18)12-7-3-2-4-8-12/h2-4,7-8,13,19H,5-6,9-11H2,1H3,(H2,16,18). The molecule has 1 aromatic rings. The first kappa shape index (κ1) is 14.0. The Balaban J connectivity index is 2.13. The Hall–Kier alpha value is -1.39. The molecule has 0 radical (unpaired) electrons. The van der Waals surface area contributed by atoms with Crippen molar-refractivity contribution < 1.29 is 9.90 Å². The van der Waals surface area contributed by atoms with Gasteiger partial charge in [-0.1, -0.05) is 43.2 Å². The molecule has 0 spiro atoms. The molecular formula is C15H22N2O2. The first-order valence-electron chi connectivity index (χ1n) is 6.79. The zero-order valence-electron chi connectivity index (χ0n) is 11.4. The monoisotopic (exact) mass is 262 g/mol. The van der Waals surface area contributed by atoms with Crippen molar-refractivity contribution in [1.82, 2.24) is 4.90 Å². The van der Waals surface area contributed by atoms with E-state index in [9.17, 15) is 9.90 Å². The number of hydrogen-bond donors (Lipinski definition) is 2. The molecule has 1 atom stereocenters. The van der Waals surface area contributed by atoms with Crippen LogP contribution in [0, 0.1) is 0 Å². The lowest BCUT2D eigenvalue weighted by Gasteiger charge is -2.33. The van der Waals surface area contributed by atoms with Gasteiger partial charge < -0.3 is 10.8 Å². The second-order valence-electron chi connectivity index (χ2n) is 5.56. The van der Waals surface area contributed by atoms with Crippen LogP contribution in [-0.2, 0) is 4.79 Å². The number of aliphatic hydroxyl groups is 1. The number of hydrogen-bond acceptors (Lipinski definition) is 3. The van der Waals surface area contributed by atoms with Crippen molar-refractivity contribution >= 4 is 5.91 Å². The maximum Gasteiger partial charge on any atom is 0.239 e. The Morgan fingerprint density at radius 2 is 1.95 bits per heavy atom. The highest BCUT2D eigenvalue weighted by Crippen LogP contribution is 2.32. The van der Waals surface area contributed by atoms with Gasteiger partial charge in [0.15, 0.2) is 0 Å². The summed E-state index contributed by atoms with van der Waals surface area (Å²) in [5.41, 5.74) is 5.73. The minimum absolute atomic E-state index is 0.379. The zero-order chi connectivity index (χ0) is 13.9. The van der Waals surface area contributed by atoms with Crippen LogP contribution in [0.5, 0.6) is 0 Å². The first-order valence-corrected chi connectivity index (χ1v) is 6.79. The molecule has 0 heterocycles. The lowest BCUT2D eigenvalue weighted by Crippen LogP contribution is -2.44. The molecule has 1 aliphatic rings. The molecule has 1 saturated carbocycles. The van der Waals surface area contributed by atoms with Crippen molar-refractivity contribution in [2.24, 2.45) is 5.73 Å². The molecule has 4 nitrogen and oxygen atoms in total. The average molecular weight is 262 g/mol. The molecule has 104 valence electrons. The number of nitrogens with two attached hydrogens (primary N) is 1. The van der Waals surface area contributed by atoms with Crippen molar-refractivity contribution in [2.45, 2.75) is 37.3 Å². The van der Waals surface area contributed by atoms with Crippen LogP contribution in [-0.4, -0.2) is 35.1 Å². The number of likely N-dealkylation sites (N-methyl/N-ethyl adjacent to an activating group) is 1. The van der Waals surface area contributed by atoms with Gasteiger partial charge in [0, 0.05) is 6.54 Å². The van der Waals surface area contributed by atoms with Gasteiger partial charge in [-0.3, -0.25) is 9.69 Å². The second-order valence-corrected chi connectivity index (χ2v) is 5.56. The molecule has 0 aromatic heterocycles. The summed E-state index contributed by atoms with van der Waals surface area (Å²) in [5, 5.41) is 10.4. The lowest BCUT2D eigenvalue weighted by molar-refractivity contribution is -0.124. The van der Waals surface area contributed by atoms with E-state index < -0.39 is 11.6 Å². The number of nitrogens with zero attached hydrogens (tertiary/aromatic N) is 1. The number of rotatable bonds is 5. The van der Waals surface area contributed by atoms with Gasteiger partial charge in [0.05, 0.1) is 5.60 Å². The fraction of sp³-hybridized carbons (Fsp3) is 0.533. The van der Waals surface area contributed by atoms with E-state index in [1.54, 1.807) is 0 Å². The van der Waals surface area contributed by atoms with Crippen LogP contribution in [0.25, 0.3) is 0 Å². The van der Waals surface area contributed by atoms with E-state index in [1.807, 2.05) is 42.3 Å². The molecule has 1 unspecified atom stereocenters. The summed E-state index contributed by atoms with van der Waals surface area (Å²) in [4.78, 5) is 13.6. The van der Waals surface area contributed by atoms with Crippen molar-refractivity contribution in [3.8, 4) is 0 Å². The van der Waals surface area contributed by atoms with E-state index in [1.165, 1.54) is 0 Å². The van der Waals surface area contributed by atoms with Crippen LogP contribution in [0.1, 0.15) is 37.3 Å². The predicted octanol–water partition coefficient (Wildman–Crippen LogP) is 1.45. The summed E-state index contributed by atoms with van der Waals surface area (Å²) >= 11 is 0. The molecule has 1 aliphatic carbocycles. The van der Waals surface area contributed by atoms with Crippen molar-refractivity contribution in [1.29, 1.82) is 0 Å². The summed E-state index contributed by atoms with van der Waals surface area (Å²) in [6.07, 6.45) is 3.71. The van der Waals surface area contributed by atoms with Crippen LogP contribution < -0.4 is 5.73 Å². The smallest absolute Gasteiger partial charge is 0.239 e. The molecule has 0 bridgehead atoms. The van der Waals surface area contributed by atoms with Crippen molar-refractivity contribution in [3.63, 3.8) is 0 Å². The Morgan fingerprint density at radius 1 is 1.37 bits per heavy atom. The highest BCUT2D eigenvalue weighted by Gasteiger charge is 2.35. The largest absolute Gasteiger partial charge is 0.389 e. The summed E-state index contributed by atoms with van der Waals surface area (Å²) in [5.74, 6) is -0.379. The summed E-state index contributed by atoms with van der Waals surface area (Å²) < 4.78 is 0. The Labute approximate surface area is 114 Å². The number of amides is 1. The summed E-state index contributed by atoms with van der Waals surface area (Å²) in [6.45, 7) is 0.482. The average Bonchev–Trinajstić information content (AvgIpc) is 2.76. The van der Waals surface area contributed by atoms with Gasteiger partial charge in [0.1, 0.15) is 6.04 Å². The quantitative estimate of drug-likeness (QED) is 0.844.